The standard InChI is InChI=1S/C21H17NO2S/c1-16-8-7-9-17(14-16)20-15-22(21-13-6-5-12-19(20)21)25(23,24)18-10-3-2-4-11-18/h2-15H,1H3. The van der Waals surface area contributed by atoms with Crippen LogP contribution < -0.4 is 0 Å². The predicted molar refractivity (Wildman–Crippen MR) is 101 cm³/mol. The quantitative estimate of drug-likeness (QED) is 0.531. The number of nitrogens with zero attached hydrogens (tertiary/aromatic N) is 1. The van der Waals surface area contributed by atoms with Crippen LogP contribution in [0.15, 0.2) is 90.0 Å². The summed E-state index contributed by atoms with van der Waals surface area (Å²) in [7, 11) is -3.65. The first kappa shape index (κ1) is 15.7. The lowest BCUT2D eigenvalue weighted by molar-refractivity contribution is 0.589. The Kier molecular flexibility index (Phi) is 3.70. The minimum atomic E-state index is -3.65. The van der Waals surface area contributed by atoms with Gasteiger partial charge in [0.05, 0.1) is 10.4 Å². The first-order chi connectivity index (χ1) is 12.1. The van der Waals surface area contributed by atoms with Gasteiger partial charge in [-0.2, -0.15) is 0 Å². The van der Waals surface area contributed by atoms with Gasteiger partial charge in [-0.3, -0.25) is 0 Å². The van der Waals surface area contributed by atoms with Gasteiger partial charge in [0.25, 0.3) is 10.0 Å². The van der Waals surface area contributed by atoms with Crippen molar-refractivity contribution in [1.82, 2.24) is 3.97 Å². The third-order valence-electron chi connectivity index (χ3n) is 4.31. The minimum Gasteiger partial charge on any atom is -0.241 e. The summed E-state index contributed by atoms with van der Waals surface area (Å²) in [6, 6.07) is 24.2. The van der Waals surface area contributed by atoms with Gasteiger partial charge < -0.3 is 0 Å². The van der Waals surface area contributed by atoms with Gasteiger partial charge in [0.1, 0.15) is 0 Å². The zero-order valence-corrected chi connectivity index (χ0v) is 14.6. The Bertz CT molecular complexity index is 1160. The Hall–Kier alpha value is -2.85. The summed E-state index contributed by atoms with van der Waals surface area (Å²) in [5, 5.41) is 0.924. The monoisotopic (exact) mass is 347 g/mol. The van der Waals surface area contributed by atoms with E-state index < -0.39 is 10.0 Å². The fourth-order valence-electron chi connectivity index (χ4n) is 3.10. The zero-order valence-electron chi connectivity index (χ0n) is 13.8. The molecule has 4 aromatic rings. The smallest absolute Gasteiger partial charge is 0.241 e. The summed E-state index contributed by atoms with van der Waals surface area (Å²) in [5.41, 5.74) is 3.75. The number of hydrogen-bond donors (Lipinski definition) is 0. The Morgan fingerprint density at radius 1 is 0.800 bits per heavy atom. The van der Waals surface area contributed by atoms with Gasteiger partial charge in [-0.05, 0) is 30.7 Å². The van der Waals surface area contributed by atoms with Gasteiger partial charge in [0, 0.05) is 17.1 Å². The van der Waals surface area contributed by atoms with Crippen molar-refractivity contribution in [3.8, 4) is 11.1 Å². The van der Waals surface area contributed by atoms with Crippen LogP contribution in [0, 0.1) is 6.92 Å². The van der Waals surface area contributed by atoms with Gasteiger partial charge in [0.2, 0.25) is 0 Å². The maximum atomic E-state index is 13.1. The molecule has 3 aromatic carbocycles. The van der Waals surface area contributed by atoms with Crippen molar-refractivity contribution in [1.29, 1.82) is 0 Å². The highest BCUT2D eigenvalue weighted by Gasteiger charge is 2.21. The van der Waals surface area contributed by atoms with Crippen molar-refractivity contribution in [2.45, 2.75) is 11.8 Å². The van der Waals surface area contributed by atoms with Crippen LogP contribution in [-0.2, 0) is 10.0 Å². The van der Waals surface area contributed by atoms with Crippen LogP contribution in [0.25, 0.3) is 22.0 Å². The molecule has 25 heavy (non-hydrogen) atoms. The maximum absolute atomic E-state index is 13.1. The number of aryl methyl sites for hydroxylation is 1. The fourth-order valence-corrected chi connectivity index (χ4v) is 4.49. The van der Waals surface area contributed by atoms with E-state index in [1.54, 1.807) is 30.5 Å². The summed E-state index contributed by atoms with van der Waals surface area (Å²) in [4.78, 5) is 0.284. The van der Waals surface area contributed by atoms with E-state index in [1.807, 2.05) is 55.5 Å². The van der Waals surface area contributed by atoms with Gasteiger partial charge >= 0.3 is 0 Å². The molecule has 0 unspecified atom stereocenters. The Labute approximate surface area is 147 Å². The molecule has 3 nitrogen and oxygen atoms in total. The Morgan fingerprint density at radius 2 is 1.52 bits per heavy atom. The molecule has 0 fully saturated rings. The summed E-state index contributed by atoms with van der Waals surface area (Å²) in [5.74, 6) is 0. The molecule has 124 valence electrons. The molecular weight excluding hydrogens is 330 g/mol. The summed E-state index contributed by atoms with van der Waals surface area (Å²) in [6.07, 6.45) is 1.72. The predicted octanol–water partition coefficient (Wildman–Crippen LogP) is 4.85. The fraction of sp³-hybridized carbons (Fsp3) is 0.0476. The Balaban J connectivity index is 2.01. The van der Waals surface area contributed by atoms with Crippen LogP contribution in [-0.4, -0.2) is 12.4 Å². The first-order valence-corrected chi connectivity index (χ1v) is 9.49. The number of benzene rings is 3. The lowest BCUT2D eigenvalue weighted by Crippen LogP contribution is -2.11. The van der Waals surface area contributed by atoms with Crippen molar-refractivity contribution in [2.75, 3.05) is 0 Å². The van der Waals surface area contributed by atoms with E-state index in [2.05, 4.69) is 6.07 Å². The van der Waals surface area contributed by atoms with Crippen molar-refractivity contribution in [3.63, 3.8) is 0 Å². The number of rotatable bonds is 3. The van der Waals surface area contributed by atoms with E-state index in [0.29, 0.717) is 5.52 Å². The van der Waals surface area contributed by atoms with E-state index >= 15 is 0 Å². The molecule has 0 aliphatic carbocycles. The first-order valence-electron chi connectivity index (χ1n) is 8.05. The van der Waals surface area contributed by atoms with E-state index in [0.717, 1.165) is 22.1 Å². The lowest BCUT2D eigenvalue weighted by atomic mass is 10.0. The second-order valence-electron chi connectivity index (χ2n) is 6.04. The van der Waals surface area contributed by atoms with E-state index in [4.69, 9.17) is 0 Å². The van der Waals surface area contributed by atoms with Crippen molar-refractivity contribution in [3.05, 3.63) is 90.6 Å². The minimum absolute atomic E-state index is 0.284. The molecule has 0 bridgehead atoms. The van der Waals surface area contributed by atoms with Crippen LogP contribution in [0.3, 0.4) is 0 Å². The van der Waals surface area contributed by atoms with E-state index in [-0.39, 0.29) is 4.90 Å². The molecule has 0 aliphatic rings. The highest BCUT2D eigenvalue weighted by Crippen LogP contribution is 2.33. The van der Waals surface area contributed by atoms with Gasteiger partial charge in [0.15, 0.2) is 0 Å². The second-order valence-corrected chi connectivity index (χ2v) is 7.86. The SMILES string of the molecule is Cc1cccc(-c2cn(S(=O)(=O)c3ccccc3)c3ccccc23)c1. The van der Waals surface area contributed by atoms with Crippen molar-refractivity contribution >= 4 is 20.9 Å². The third-order valence-corrected chi connectivity index (χ3v) is 5.99. The molecule has 0 atom stereocenters. The zero-order chi connectivity index (χ0) is 17.4. The normalized spacial score (nSPS) is 11.7. The lowest BCUT2D eigenvalue weighted by Gasteiger charge is -2.07. The largest absolute Gasteiger partial charge is 0.268 e. The molecule has 1 heterocycles. The number of para-hydroxylation sites is 1. The highest BCUT2D eigenvalue weighted by atomic mass is 32.2. The van der Waals surface area contributed by atoms with Crippen LogP contribution in [0.1, 0.15) is 5.56 Å². The van der Waals surface area contributed by atoms with Gasteiger partial charge in [-0.1, -0.05) is 66.2 Å². The maximum Gasteiger partial charge on any atom is 0.268 e. The second kappa shape index (κ2) is 5.90. The summed E-state index contributed by atoms with van der Waals surface area (Å²) < 4.78 is 27.6. The molecular formula is C21H17NO2S. The molecule has 0 spiro atoms. The molecule has 4 heteroatoms. The van der Waals surface area contributed by atoms with E-state index in [9.17, 15) is 8.42 Å². The highest BCUT2D eigenvalue weighted by molar-refractivity contribution is 7.90. The summed E-state index contributed by atoms with van der Waals surface area (Å²) >= 11 is 0. The number of aromatic nitrogens is 1. The van der Waals surface area contributed by atoms with Crippen LogP contribution in [0.4, 0.5) is 0 Å². The van der Waals surface area contributed by atoms with Crippen molar-refractivity contribution in [2.24, 2.45) is 0 Å². The molecule has 1 aromatic heterocycles. The molecule has 4 rings (SSSR count). The van der Waals surface area contributed by atoms with Gasteiger partial charge in [-0.25, -0.2) is 12.4 Å². The average molecular weight is 347 g/mol. The van der Waals surface area contributed by atoms with Crippen molar-refractivity contribution < 1.29 is 8.42 Å². The molecule has 0 aliphatic heterocycles. The van der Waals surface area contributed by atoms with Crippen LogP contribution >= 0.6 is 0 Å². The number of fused-ring (bicyclic) bond motifs is 1. The van der Waals surface area contributed by atoms with Crippen LogP contribution in [0.2, 0.25) is 0 Å². The molecule has 0 N–H and O–H groups in total. The topological polar surface area (TPSA) is 39.1 Å². The molecule has 0 saturated heterocycles. The van der Waals surface area contributed by atoms with Crippen LogP contribution in [0.5, 0.6) is 0 Å². The van der Waals surface area contributed by atoms with E-state index in [1.165, 1.54) is 3.97 Å². The summed E-state index contributed by atoms with van der Waals surface area (Å²) in [6.45, 7) is 2.03. The Morgan fingerprint density at radius 3 is 2.28 bits per heavy atom. The molecule has 0 amide bonds. The van der Waals surface area contributed by atoms with Gasteiger partial charge in [-0.15, -0.1) is 0 Å². The molecule has 0 radical (unpaired) electrons. The third kappa shape index (κ3) is 2.65. The molecule has 0 saturated carbocycles. The average Bonchev–Trinajstić information content (AvgIpc) is 3.03. The number of hydrogen-bond acceptors (Lipinski definition) is 2.